The molecule has 290 valence electrons. The highest BCUT2D eigenvalue weighted by Crippen LogP contribution is 2.47. The van der Waals surface area contributed by atoms with E-state index in [1.165, 1.54) is 21.5 Å². The van der Waals surface area contributed by atoms with E-state index in [2.05, 4.69) is 166 Å². The van der Waals surface area contributed by atoms with E-state index in [1.54, 1.807) is 11.3 Å². The van der Waals surface area contributed by atoms with Crippen molar-refractivity contribution in [1.29, 1.82) is 5.26 Å². The number of nitriles is 1. The highest BCUT2D eigenvalue weighted by Gasteiger charge is 2.24. The van der Waals surface area contributed by atoms with Crippen LogP contribution in [0.4, 0.5) is 5.69 Å². The molecule has 0 radical (unpaired) electrons. The van der Waals surface area contributed by atoms with Crippen LogP contribution in [0.5, 0.6) is 0 Å². The minimum absolute atomic E-state index is 0.534. The highest BCUT2D eigenvalue weighted by molar-refractivity contribution is 7.20. The number of hydrogen-bond acceptors (Lipinski definition) is 4. The smallest absolute Gasteiger partial charge is 0.187 e. The molecule has 0 N–H and O–H groups in total. The van der Waals surface area contributed by atoms with Crippen molar-refractivity contribution < 1.29 is 0 Å². The lowest BCUT2D eigenvalue weighted by molar-refractivity contribution is 1.18. The lowest BCUT2D eigenvalue weighted by Gasteiger charge is -2.11. The Balaban J connectivity index is 1.16. The van der Waals surface area contributed by atoms with E-state index in [9.17, 15) is 5.26 Å². The molecule has 0 saturated heterocycles. The zero-order valence-corrected chi connectivity index (χ0v) is 34.2. The van der Waals surface area contributed by atoms with E-state index in [-0.39, 0.29) is 0 Å². The van der Waals surface area contributed by atoms with Crippen molar-refractivity contribution in [2.24, 2.45) is 0 Å². The predicted molar refractivity (Wildman–Crippen MR) is 260 cm³/mol. The second-order valence-corrected chi connectivity index (χ2v) is 17.0. The van der Waals surface area contributed by atoms with Crippen LogP contribution in [0.15, 0.2) is 182 Å². The molecule has 13 aromatic rings. The Morgan fingerprint density at radius 1 is 0.429 bits per heavy atom. The normalized spacial score (nSPS) is 11.8. The largest absolute Gasteiger partial charge is 0.309 e. The molecular formula is C56H30N6S. The van der Waals surface area contributed by atoms with E-state index >= 15 is 0 Å². The number of benzene rings is 9. The molecule has 9 aromatic carbocycles. The molecule has 0 unspecified atom stereocenters. The molecule has 0 saturated carbocycles. The third kappa shape index (κ3) is 5.15. The SMILES string of the molecule is [C-]#[N+]c1ccc2c3ccc(C#N)cc3c3nc4c(-c5ccc6c7ccccc7n(-c7ccccc7)c6c5)sc(-c5ccc6c7ccccc7n(-c7ccccc7)c6c5)c4nc3c2c1. The Labute approximate surface area is 364 Å². The van der Waals surface area contributed by atoms with E-state index < -0.39 is 0 Å². The number of fused-ring (bicyclic) bond motifs is 13. The van der Waals surface area contributed by atoms with Gasteiger partial charge in [0.05, 0.1) is 61.1 Å². The summed E-state index contributed by atoms with van der Waals surface area (Å²) in [5.74, 6) is 0. The minimum atomic E-state index is 0.534. The van der Waals surface area contributed by atoms with Gasteiger partial charge in [-0.15, -0.1) is 11.3 Å². The molecule has 4 heterocycles. The van der Waals surface area contributed by atoms with Crippen LogP contribution in [0.3, 0.4) is 0 Å². The van der Waals surface area contributed by atoms with Gasteiger partial charge in [0.25, 0.3) is 0 Å². The number of aromatic nitrogens is 4. The molecule has 0 spiro atoms. The summed E-state index contributed by atoms with van der Waals surface area (Å²) < 4.78 is 4.70. The topological polar surface area (TPSA) is 63.8 Å². The monoisotopic (exact) mass is 818 g/mol. The summed E-state index contributed by atoms with van der Waals surface area (Å²) in [6.07, 6.45) is 0. The van der Waals surface area contributed by atoms with Crippen molar-refractivity contribution in [2.45, 2.75) is 0 Å². The van der Waals surface area contributed by atoms with E-state index in [1.807, 2.05) is 36.4 Å². The lowest BCUT2D eigenvalue weighted by atomic mass is 9.97. The van der Waals surface area contributed by atoms with Crippen LogP contribution < -0.4 is 0 Å². The molecular weight excluding hydrogens is 789 g/mol. The Bertz CT molecular complexity index is 3900. The van der Waals surface area contributed by atoms with Crippen molar-refractivity contribution >= 4 is 104 Å². The summed E-state index contributed by atoms with van der Waals surface area (Å²) in [6.45, 7) is 7.92. The molecule has 63 heavy (non-hydrogen) atoms. The Morgan fingerprint density at radius 2 is 0.889 bits per heavy atom. The van der Waals surface area contributed by atoms with Gasteiger partial charge in [-0.2, -0.15) is 5.26 Å². The molecule has 0 atom stereocenters. The molecule has 6 nitrogen and oxygen atoms in total. The van der Waals surface area contributed by atoms with Crippen molar-refractivity contribution in [1.82, 2.24) is 19.1 Å². The van der Waals surface area contributed by atoms with Crippen molar-refractivity contribution in [3.63, 3.8) is 0 Å². The van der Waals surface area contributed by atoms with Gasteiger partial charge in [-0.1, -0.05) is 115 Å². The van der Waals surface area contributed by atoms with Gasteiger partial charge in [-0.05, 0) is 94.0 Å². The number of rotatable bonds is 4. The highest BCUT2D eigenvalue weighted by atomic mass is 32.1. The third-order valence-corrected chi connectivity index (χ3v) is 13.8. The van der Waals surface area contributed by atoms with Gasteiger partial charge in [0.1, 0.15) is 11.0 Å². The van der Waals surface area contributed by atoms with Crippen molar-refractivity contribution in [2.75, 3.05) is 0 Å². The standard InChI is InChI=1S/C56H30N6S/c1-58-36-23-27-40-39-24-20-33(32-57)28-45(39)51-52(46(40)31-36)60-54-53(59-51)55(34-21-25-43-41-16-8-10-18-47(41)61(49(43)29-34)37-12-4-2-5-13-37)63-56(54)35-22-26-44-42-17-9-11-19-48(42)62(50(44)30-35)38-14-6-3-7-15-38/h2-31H. The van der Waals surface area contributed by atoms with Crippen LogP contribution in [0.2, 0.25) is 0 Å². The van der Waals surface area contributed by atoms with Crippen LogP contribution >= 0.6 is 11.3 Å². The molecule has 7 heteroatoms. The van der Waals surface area contributed by atoms with Gasteiger partial charge in [-0.3, -0.25) is 0 Å². The first-order valence-electron chi connectivity index (χ1n) is 20.7. The van der Waals surface area contributed by atoms with Crippen molar-refractivity contribution in [3.8, 4) is 38.3 Å². The second kappa shape index (κ2) is 13.4. The predicted octanol–water partition coefficient (Wildman–Crippen LogP) is 15.1. The number of thiophene rings is 1. The van der Waals surface area contributed by atoms with E-state index in [0.717, 1.165) is 86.9 Å². The lowest BCUT2D eigenvalue weighted by Crippen LogP contribution is -1.94. The maximum atomic E-state index is 10.1. The maximum absolute atomic E-state index is 10.1. The van der Waals surface area contributed by atoms with Gasteiger partial charge in [0.2, 0.25) is 0 Å². The fourth-order valence-corrected chi connectivity index (χ4v) is 10.9. The molecule has 0 bridgehead atoms. The molecule has 13 rings (SSSR count). The van der Waals surface area contributed by atoms with Gasteiger partial charge in [-0.25, -0.2) is 14.8 Å². The minimum Gasteiger partial charge on any atom is -0.309 e. The van der Waals surface area contributed by atoms with Gasteiger partial charge in [0.15, 0.2) is 5.69 Å². The van der Waals surface area contributed by atoms with E-state index in [0.29, 0.717) is 22.3 Å². The van der Waals surface area contributed by atoms with Crippen LogP contribution in [0.1, 0.15) is 5.56 Å². The average molecular weight is 819 g/mol. The number of nitrogens with zero attached hydrogens (tertiary/aromatic N) is 6. The van der Waals surface area contributed by atoms with Gasteiger partial charge < -0.3 is 9.13 Å². The first-order chi connectivity index (χ1) is 31.1. The summed E-state index contributed by atoms with van der Waals surface area (Å²) in [5, 5.41) is 18.5. The zero-order chi connectivity index (χ0) is 41.8. The fraction of sp³-hybridized carbons (Fsp3) is 0. The quantitative estimate of drug-likeness (QED) is 0.131. The van der Waals surface area contributed by atoms with Crippen LogP contribution in [-0.4, -0.2) is 19.1 Å². The fourth-order valence-electron chi connectivity index (χ4n) is 9.73. The summed E-state index contributed by atoms with van der Waals surface area (Å²) in [7, 11) is 0. The van der Waals surface area contributed by atoms with Gasteiger partial charge in [0, 0.05) is 38.3 Å². The third-order valence-electron chi connectivity index (χ3n) is 12.5. The molecule has 0 aliphatic heterocycles. The van der Waals surface area contributed by atoms with Crippen LogP contribution in [0, 0.1) is 17.9 Å². The van der Waals surface area contributed by atoms with Crippen LogP contribution in [0.25, 0.3) is 124 Å². The Kier molecular flexibility index (Phi) is 7.50. The molecule has 0 amide bonds. The van der Waals surface area contributed by atoms with Crippen LogP contribution in [-0.2, 0) is 0 Å². The first kappa shape index (κ1) is 35.2. The summed E-state index contributed by atoms with van der Waals surface area (Å²) in [4.78, 5) is 17.1. The first-order valence-corrected chi connectivity index (χ1v) is 21.6. The Hall–Kier alpha value is -8.62. The summed E-state index contributed by atoms with van der Waals surface area (Å²) >= 11 is 1.71. The molecule has 0 aliphatic carbocycles. The number of para-hydroxylation sites is 4. The Morgan fingerprint density at radius 3 is 1.41 bits per heavy atom. The van der Waals surface area contributed by atoms with Crippen molar-refractivity contribution in [3.05, 3.63) is 199 Å². The number of hydrogen-bond donors (Lipinski definition) is 0. The maximum Gasteiger partial charge on any atom is 0.187 e. The summed E-state index contributed by atoms with van der Waals surface area (Å²) in [6, 6.07) is 65.7. The summed E-state index contributed by atoms with van der Waals surface area (Å²) in [5.41, 5.74) is 12.8. The van der Waals surface area contributed by atoms with Gasteiger partial charge >= 0.3 is 0 Å². The zero-order valence-electron chi connectivity index (χ0n) is 33.4. The van der Waals surface area contributed by atoms with E-state index in [4.69, 9.17) is 16.5 Å². The molecule has 4 aromatic heterocycles. The average Bonchev–Trinajstić information content (AvgIpc) is 4.01. The molecule has 0 aliphatic rings. The molecule has 0 fully saturated rings. The second-order valence-electron chi connectivity index (χ2n) is 15.9.